The van der Waals surface area contributed by atoms with Gasteiger partial charge in [0.15, 0.2) is 0 Å². The van der Waals surface area contributed by atoms with E-state index in [1.165, 1.54) is 0 Å². The average Bonchev–Trinajstić information content (AvgIpc) is 3.28. The Labute approximate surface area is 169 Å². The number of aromatic nitrogens is 3. The molecular weight excluding hydrogens is 372 g/mol. The number of hydrogen-bond acceptors (Lipinski definition) is 6. The van der Waals surface area contributed by atoms with Crippen LogP contribution in [0.15, 0.2) is 35.1 Å². The van der Waals surface area contributed by atoms with Gasteiger partial charge in [0, 0.05) is 37.5 Å². The summed E-state index contributed by atoms with van der Waals surface area (Å²) < 4.78 is 17.8. The highest BCUT2D eigenvalue weighted by Gasteiger charge is 2.23. The molecule has 0 bridgehead atoms. The topological polar surface area (TPSA) is 91.4 Å². The number of aryl methyl sites for hydroxylation is 3. The number of imidazole rings is 1. The number of nitrogens with zero attached hydrogens (tertiary/aromatic N) is 3. The van der Waals surface area contributed by atoms with E-state index in [1.54, 1.807) is 26.5 Å². The summed E-state index contributed by atoms with van der Waals surface area (Å²) in [4.78, 5) is 17.2. The SMILES string of the molecule is COc1cc(OC)cc([C@@H](NC(=O)CCc2c(C)noc2C)c2nccn2C)c1. The van der Waals surface area contributed by atoms with Crippen LogP contribution in [0, 0.1) is 13.8 Å². The molecule has 0 radical (unpaired) electrons. The standard InChI is InChI=1S/C21H26N4O4/c1-13-18(14(2)29-24-13)6-7-19(26)23-20(21-22-8-9-25(21)3)15-10-16(27-4)12-17(11-15)28-5/h8-12,20H,6-7H2,1-5H3,(H,23,26)/t20-/m1/s1. The van der Waals surface area contributed by atoms with Crippen molar-refractivity contribution >= 4 is 5.91 Å². The second-order valence-corrected chi connectivity index (χ2v) is 6.85. The van der Waals surface area contributed by atoms with Crippen molar-refractivity contribution in [3.05, 3.63) is 59.0 Å². The number of amides is 1. The molecule has 29 heavy (non-hydrogen) atoms. The smallest absolute Gasteiger partial charge is 0.221 e. The average molecular weight is 398 g/mol. The Bertz CT molecular complexity index is 951. The normalized spacial score (nSPS) is 11.9. The summed E-state index contributed by atoms with van der Waals surface area (Å²) in [7, 11) is 5.08. The van der Waals surface area contributed by atoms with E-state index in [2.05, 4.69) is 15.5 Å². The third-order valence-electron chi connectivity index (χ3n) is 4.91. The van der Waals surface area contributed by atoms with Gasteiger partial charge in [-0.15, -0.1) is 0 Å². The number of ether oxygens (including phenoxy) is 2. The molecule has 8 nitrogen and oxygen atoms in total. The molecule has 154 valence electrons. The maximum atomic E-state index is 12.8. The van der Waals surface area contributed by atoms with Gasteiger partial charge in [-0.2, -0.15) is 0 Å². The van der Waals surface area contributed by atoms with Crippen molar-refractivity contribution in [3.8, 4) is 11.5 Å². The second kappa shape index (κ2) is 8.81. The quantitative estimate of drug-likeness (QED) is 0.627. The summed E-state index contributed by atoms with van der Waals surface area (Å²) in [6, 6.07) is 5.08. The summed E-state index contributed by atoms with van der Waals surface area (Å²) in [5.74, 6) is 2.64. The van der Waals surface area contributed by atoms with Crippen LogP contribution < -0.4 is 14.8 Å². The molecule has 0 aliphatic rings. The number of carbonyl (C=O) groups excluding carboxylic acids is 1. The van der Waals surface area contributed by atoms with Gasteiger partial charge in [0.25, 0.3) is 0 Å². The van der Waals surface area contributed by atoms with E-state index in [4.69, 9.17) is 14.0 Å². The van der Waals surface area contributed by atoms with E-state index in [9.17, 15) is 4.79 Å². The lowest BCUT2D eigenvalue weighted by atomic mass is 10.0. The Morgan fingerprint density at radius 2 is 1.90 bits per heavy atom. The Kier molecular flexibility index (Phi) is 6.21. The minimum absolute atomic E-state index is 0.0974. The first-order chi connectivity index (χ1) is 13.9. The first-order valence-corrected chi connectivity index (χ1v) is 9.34. The minimum Gasteiger partial charge on any atom is -0.497 e. The van der Waals surface area contributed by atoms with Gasteiger partial charge in [-0.3, -0.25) is 4.79 Å². The third-order valence-corrected chi connectivity index (χ3v) is 4.91. The van der Waals surface area contributed by atoms with Crippen molar-refractivity contribution in [2.75, 3.05) is 14.2 Å². The van der Waals surface area contributed by atoms with Gasteiger partial charge in [0.05, 0.1) is 19.9 Å². The Balaban J connectivity index is 1.85. The Morgan fingerprint density at radius 1 is 1.21 bits per heavy atom. The summed E-state index contributed by atoms with van der Waals surface area (Å²) in [6.45, 7) is 3.73. The summed E-state index contributed by atoms with van der Waals surface area (Å²) >= 11 is 0. The zero-order valence-electron chi connectivity index (χ0n) is 17.4. The summed E-state index contributed by atoms with van der Waals surface area (Å²) in [5.41, 5.74) is 2.60. The molecule has 8 heteroatoms. The summed E-state index contributed by atoms with van der Waals surface area (Å²) in [5, 5.41) is 7.04. The van der Waals surface area contributed by atoms with Crippen molar-refractivity contribution in [3.63, 3.8) is 0 Å². The fraction of sp³-hybridized carbons (Fsp3) is 0.381. The molecule has 2 aromatic heterocycles. The lowest BCUT2D eigenvalue weighted by molar-refractivity contribution is -0.121. The first kappa shape index (κ1) is 20.4. The molecule has 1 atom stereocenters. The molecule has 1 N–H and O–H groups in total. The van der Waals surface area contributed by atoms with Crippen LogP contribution in [0.4, 0.5) is 0 Å². The van der Waals surface area contributed by atoms with E-state index in [1.807, 2.05) is 43.8 Å². The highest BCUT2D eigenvalue weighted by molar-refractivity contribution is 5.77. The molecule has 2 heterocycles. The number of carbonyl (C=O) groups is 1. The fourth-order valence-corrected chi connectivity index (χ4v) is 3.28. The molecule has 0 unspecified atom stereocenters. The number of methoxy groups -OCH3 is 2. The molecule has 1 amide bonds. The molecule has 0 aliphatic heterocycles. The van der Waals surface area contributed by atoms with E-state index in [0.717, 1.165) is 22.6 Å². The van der Waals surface area contributed by atoms with Gasteiger partial charge < -0.3 is 23.9 Å². The Hall–Kier alpha value is -3.29. The van der Waals surface area contributed by atoms with Crippen molar-refractivity contribution in [1.82, 2.24) is 20.0 Å². The van der Waals surface area contributed by atoms with Crippen molar-refractivity contribution in [2.24, 2.45) is 7.05 Å². The second-order valence-electron chi connectivity index (χ2n) is 6.85. The lowest BCUT2D eigenvalue weighted by Gasteiger charge is -2.20. The van der Waals surface area contributed by atoms with Crippen LogP contribution in [-0.2, 0) is 18.3 Å². The Morgan fingerprint density at radius 3 is 2.41 bits per heavy atom. The monoisotopic (exact) mass is 398 g/mol. The highest BCUT2D eigenvalue weighted by Crippen LogP contribution is 2.29. The maximum absolute atomic E-state index is 12.8. The highest BCUT2D eigenvalue weighted by atomic mass is 16.5. The molecule has 0 fully saturated rings. The van der Waals surface area contributed by atoms with Crippen LogP contribution in [0.1, 0.15) is 40.9 Å². The molecule has 3 rings (SSSR count). The van der Waals surface area contributed by atoms with Crippen LogP contribution >= 0.6 is 0 Å². The van der Waals surface area contributed by atoms with Gasteiger partial charge in [0.2, 0.25) is 5.91 Å². The van der Waals surface area contributed by atoms with Crippen molar-refractivity contribution < 1.29 is 18.8 Å². The third kappa shape index (κ3) is 4.59. The van der Waals surface area contributed by atoms with E-state index < -0.39 is 6.04 Å². The predicted octanol–water partition coefficient (Wildman–Crippen LogP) is 2.88. The molecule has 0 saturated heterocycles. The van der Waals surface area contributed by atoms with E-state index in [0.29, 0.717) is 30.2 Å². The molecule has 0 saturated carbocycles. The van der Waals surface area contributed by atoms with Crippen LogP contribution in [-0.4, -0.2) is 34.8 Å². The molecule has 0 aliphatic carbocycles. The zero-order chi connectivity index (χ0) is 21.0. The number of benzene rings is 1. The maximum Gasteiger partial charge on any atom is 0.221 e. The van der Waals surface area contributed by atoms with Crippen molar-refractivity contribution in [1.29, 1.82) is 0 Å². The number of nitrogens with one attached hydrogen (secondary N) is 1. The van der Waals surface area contributed by atoms with Gasteiger partial charge in [-0.1, -0.05) is 5.16 Å². The molecule has 3 aromatic rings. The predicted molar refractivity (Wildman–Crippen MR) is 107 cm³/mol. The molecule has 1 aromatic carbocycles. The largest absolute Gasteiger partial charge is 0.497 e. The van der Waals surface area contributed by atoms with E-state index in [-0.39, 0.29) is 5.91 Å². The van der Waals surface area contributed by atoms with Gasteiger partial charge in [-0.05, 0) is 38.0 Å². The lowest BCUT2D eigenvalue weighted by Crippen LogP contribution is -2.31. The van der Waals surface area contributed by atoms with Crippen LogP contribution in [0.3, 0.4) is 0 Å². The first-order valence-electron chi connectivity index (χ1n) is 9.34. The molecule has 0 spiro atoms. The van der Waals surface area contributed by atoms with Crippen LogP contribution in [0.5, 0.6) is 11.5 Å². The summed E-state index contributed by atoms with van der Waals surface area (Å²) in [6.07, 6.45) is 4.41. The van der Waals surface area contributed by atoms with Crippen LogP contribution in [0.25, 0.3) is 0 Å². The van der Waals surface area contributed by atoms with E-state index >= 15 is 0 Å². The van der Waals surface area contributed by atoms with Crippen LogP contribution in [0.2, 0.25) is 0 Å². The van der Waals surface area contributed by atoms with Gasteiger partial charge >= 0.3 is 0 Å². The molecular formula is C21H26N4O4. The number of rotatable bonds is 8. The fourth-order valence-electron chi connectivity index (χ4n) is 3.28. The number of hydrogen-bond donors (Lipinski definition) is 1. The minimum atomic E-state index is -0.448. The van der Waals surface area contributed by atoms with Gasteiger partial charge in [0.1, 0.15) is 29.1 Å². The van der Waals surface area contributed by atoms with Crippen molar-refractivity contribution in [2.45, 2.75) is 32.7 Å². The zero-order valence-corrected chi connectivity index (χ0v) is 17.4. The van der Waals surface area contributed by atoms with Gasteiger partial charge in [-0.25, -0.2) is 4.98 Å².